The highest BCUT2D eigenvalue weighted by Gasteiger charge is 2.09. The van der Waals surface area contributed by atoms with E-state index in [1.165, 1.54) is 5.56 Å². The van der Waals surface area contributed by atoms with E-state index in [9.17, 15) is 4.79 Å². The Bertz CT molecular complexity index is 584. The summed E-state index contributed by atoms with van der Waals surface area (Å²) >= 11 is 0. The minimum Gasteiger partial charge on any atom is -0.352 e. The van der Waals surface area contributed by atoms with Crippen molar-refractivity contribution < 1.29 is 4.79 Å². The number of nitrogens with zero attached hydrogens (tertiary/aromatic N) is 2. The molecule has 19 heavy (non-hydrogen) atoms. The minimum atomic E-state index is -0.00654. The summed E-state index contributed by atoms with van der Waals surface area (Å²) in [5, 5.41) is 8.26. The number of carbonyl (C=O) groups excluding carboxylic acids is 1. The molecule has 0 saturated heterocycles. The van der Waals surface area contributed by atoms with Crippen LogP contribution in [-0.4, -0.2) is 21.7 Å². The molecule has 102 valence electrons. The van der Waals surface area contributed by atoms with Gasteiger partial charge in [-0.2, -0.15) is 5.10 Å². The molecule has 1 aromatic carbocycles. The largest absolute Gasteiger partial charge is 0.352 e. The maximum absolute atomic E-state index is 11.8. The van der Waals surface area contributed by atoms with E-state index < -0.39 is 0 Å². The zero-order valence-electron chi connectivity index (χ0n) is 12.0. The molecule has 0 bridgehead atoms. The summed E-state index contributed by atoms with van der Waals surface area (Å²) in [6.45, 7) is 8.51. The molecule has 0 spiro atoms. The summed E-state index contributed by atoms with van der Waals surface area (Å²) in [7, 11) is 0. The Labute approximate surface area is 113 Å². The van der Waals surface area contributed by atoms with Gasteiger partial charge in [0, 0.05) is 11.4 Å². The average Bonchev–Trinajstić information content (AvgIpc) is 2.70. The number of benzene rings is 1. The van der Waals surface area contributed by atoms with Crippen LogP contribution in [0.3, 0.4) is 0 Å². The second-order valence-corrected chi connectivity index (χ2v) is 5.50. The first-order chi connectivity index (χ1) is 8.97. The lowest BCUT2D eigenvalue weighted by atomic mass is 10.0. The molecule has 0 atom stereocenters. The van der Waals surface area contributed by atoms with Crippen LogP contribution in [0, 0.1) is 0 Å². The summed E-state index contributed by atoms with van der Waals surface area (Å²) in [4.78, 5) is 11.8. The average molecular weight is 259 g/mol. The molecule has 0 aliphatic heterocycles. The molecule has 0 unspecified atom stereocenters. The number of hydrogen-bond donors (Lipinski definition) is 1. The highest BCUT2D eigenvalue weighted by molar-refractivity contribution is 5.82. The molecule has 0 radical (unpaired) electrons. The van der Waals surface area contributed by atoms with Crippen molar-refractivity contribution in [3.63, 3.8) is 0 Å². The van der Waals surface area contributed by atoms with E-state index in [1.54, 1.807) is 4.68 Å². The third-order valence-corrected chi connectivity index (χ3v) is 3.08. The Balaban J connectivity index is 2.23. The van der Waals surface area contributed by atoms with E-state index in [0.29, 0.717) is 5.92 Å². The summed E-state index contributed by atoms with van der Waals surface area (Å²) in [6, 6.07) is 6.44. The van der Waals surface area contributed by atoms with Crippen LogP contribution in [0.1, 0.15) is 39.2 Å². The van der Waals surface area contributed by atoms with Gasteiger partial charge < -0.3 is 5.32 Å². The van der Waals surface area contributed by atoms with Crippen molar-refractivity contribution in [2.24, 2.45) is 0 Å². The van der Waals surface area contributed by atoms with Gasteiger partial charge in [0.15, 0.2) is 0 Å². The summed E-state index contributed by atoms with van der Waals surface area (Å²) in [6.07, 6.45) is 1.82. The van der Waals surface area contributed by atoms with Crippen molar-refractivity contribution in [3.8, 4) is 0 Å². The number of fused-ring (bicyclic) bond motifs is 1. The van der Waals surface area contributed by atoms with E-state index in [1.807, 2.05) is 26.1 Å². The van der Waals surface area contributed by atoms with Crippen LogP contribution in [0.4, 0.5) is 0 Å². The van der Waals surface area contributed by atoms with E-state index in [2.05, 4.69) is 36.4 Å². The van der Waals surface area contributed by atoms with Crippen LogP contribution in [0.15, 0.2) is 24.4 Å². The third kappa shape index (κ3) is 3.13. The molecule has 2 rings (SSSR count). The lowest BCUT2D eigenvalue weighted by molar-refractivity contribution is -0.122. The number of rotatable bonds is 4. The van der Waals surface area contributed by atoms with Crippen molar-refractivity contribution in [2.45, 2.75) is 46.2 Å². The molecule has 1 heterocycles. The SMILES string of the molecule is CC(C)NC(=O)Cn1ncc2cc(C(C)C)ccc21. The maximum Gasteiger partial charge on any atom is 0.241 e. The molecular weight excluding hydrogens is 238 g/mol. The Morgan fingerprint density at radius 2 is 2.05 bits per heavy atom. The quantitative estimate of drug-likeness (QED) is 0.917. The summed E-state index contributed by atoms with van der Waals surface area (Å²) in [5.74, 6) is 0.491. The fourth-order valence-electron chi connectivity index (χ4n) is 2.09. The second-order valence-electron chi connectivity index (χ2n) is 5.50. The summed E-state index contributed by atoms with van der Waals surface area (Å²) < 4.78 is 1.75. The van der Waals surface area contributed by atoms with Crippen molar-refractivity contribution in [2.75, 3.05) is 0 Å². The Kier molecular flexibility index (Phi) is 3.88. The number of nitrogens with one attached hydrogen (secondary N) is 1. The van der Waals surface area contributed by atoms with Gasteiger partial charge >= 0.3 is 0 Å². The Morgan fingerprint density at radius 3 is 2.68 bits per heavy atom. The van der Waals surface area contributed by atoms with Gasteiger partial charge in [-0.1, -0.05) is 19.9 Å². The van der Waals surface area contributed by atoms with Gasteiger partial charge in [0.2, 0.25) is 5.91 Å². The number of amides is 1. The predicted molar refractivity (Wildman–Crippen MR) is 77.1 cm³/mol. The van der Waals surface area contributed by atoms with Crippen LogP contribution in [0.2, 0.25) is 0 Å². The molecule has 0 saturated carbocycles. The molecule has 0 aliphatic carbocycles. The van der Waals surface area contributed by atoms with Gasteiger partial charge in [-0.15, -0.1) is 0 Å². The first kappa shape index (κ1) is 13.6. The van der Waals surface area contributed by atoms with Crippen molar-refractivity contribution in [1.82, 2.24) is 15.1 Å². The van der Waals surface area contributed by atoms with Crippen molar-refractivity contribution in [3.05, 3.63) is 30.0 Å². The highest BCUT2D eigenvalue weighted by atomic mass is 16.2. The highest BCUT2D eigenvalue weighted by Crippen LogP contribution is 2.21. The lowest BCUT2D eigenvalue weighted by Crippen LogP contribution is -2.33. The fourth-order valence-corrected chi connectivity index (χ4v) is 2.09. The molecule has 1 aromatic heterocycles. The molecule has 2 aromatic rings. The van der Waals surface area contributed by atoms with E-state index in [0.717, 1.165) is 10.9 Å². The zero-order chi connectivity index (χ0) is 14.0. The van der Waals surface area contributed by atoms with Gasteiger partial charge in [0.25, 0.3) is 0 Å². The molecule has 4 nitrogen and oxygen atoms in total. The van der Waals surface area contributed by atoms with Gasteiger partial charge in [0.1, 0.15) is 6.54 Å². The molecule has 1 amide bonds. The second kappa shape index (κ2) is 5.43. The number of aromatic nitrogens is 2. The Morgan fingerprint density at radius 1 is 1.32 bits per heavy atom. The normalized spacial score (nSPS) is 11.5. The zero-order valence-corrected chi connectivity index (χ0v) is 12.0. The van der Waals surface area contributed by atoms with Crippen molar-refractivity contribution in [1.29, 1.82) is 0 Å². The van der Waals surface area contributed by atoms with Gasteiger partial charge in [-0.3, -0.25) is 9.48 Å². The number of hydrogen-bond acceptors (Lipinski definition) is 2. The maximum atomic E-state index is 11.8. The minimum absolute atomic E-state index is 0.00654. The Hall–Kier alpha value is -1.84. The fraction of sp³-hybridized carbons (Fsp3) is 0.467. The molecule has 1 N–H and O–H groups in total. The summed E-state index contributed by atoms with van der Waals surface area (Å²) in [5.41, 5.74) is 2.29. The predicted octanol–water partition coefficient (Wildman–Crippen LogP) is 2.68. The smallest absolute Gasteiger partial charge is 0.241 e. The first-order valence-corrected chi connectivity index (χ1v) is 6.72. The van der Waals surface area contributed by atoms with Gasteiger partial charge in [-0.25, -0.2) is 0 Å². The van der Waals surface area contributed by atoms with E-state index in [4.69, 9.17) is 0 Å². The lowest BCUT2D eigenvalue weighted by Gasteiger charge is -2.09. The molecular formula is C15H21N3O. The standard InChI is InChI=1S/C15H21N3O/c1-10(2)12-5-6-14-13(7-12)8-16-18(14)9-15(19)17-11(3)4/h5-8,10-11H,9H2,1-4H3,(H,17,19). The number of carbonyl (C=O) groups is 1. The van der Waals surface area contributed by atoms with E-state index in [-0.39, 0.29) is 18.5 Å². The van der Waals surface area contributed by atoms with Crippen molar-refractivity contribution >= 4 is 16.8 Å². The van der Waals surface area contributed by atoms with Crippen LogP contribution >= 0.6 is 0 Å². The molecule has 0 aliphatic rings. The molecule has 0 fully saturated rings. The topological polar surface area (TPSA) is 46.9 Å². The monoisotopic (exact) mass is 259 g/mol. The van der Waals surface area contributed by atoms with Crippen LogP contribution in [0.25, 0.3) is 10.9 Å². The van der Waals surface area contributed by atoms with Crippen LogP contribution in [-0.2, 0) is 11.3 Å². The third-order valence-electron chi connectivity index (χ3n) is 3.08. The molecule has 4 heteroatoms. The van der Waals surface area contributed by atoms with Gasteiger partial charge in [-0.05, 0) is 37.5 Å². The van der Waals surface area contributed by atoms with E-state index >= 15 is 0 Å². The van der Waals surface area contributed by atoms with Crippen LogP contribution < -0.4 is 5.32 Å². The first-order valence-electron chi connectivity index (χ1n) is 6.72. The van der Waals surface area contributed by atoms with Gasteiger partial charge in [0.05, 0.1) is 11.7 Å². The van der Waals surface area contributed by atoms with Crippen LogP contribution in [0.5, 0.6) is 0 Å².